The molecule has 0 aliphatic heterocycles. The summed E-state index contributed by atoms with van der Waals surface area (Å²) in [4.78, 5) is 11.5. The molecule has 1 amide bonds. The first-order valence-electron chi connectivity index (χ1n) is 5.53. The number of methoxy groups -OCH3 is 2. The molecule has 20 heavy (non-hydrogen) atoms. The van der Waals surface area contributed by atoms with Crippen LogP contribution in [0.25, 0.3) is 5.69 Å². The number of nitrogens with two attached hydrogens (primary N) is 2. The Kier molecular flexibility index (Phi) is 3.96. The van der Waals surface area contributed by atoms with Crippen LogP contribution in [-0.2, 0) is 0 Å². The molecule has 0 bridgehead atoms. The van der Waals surface area contributed by atoms with Crippen molar-refractivity contribution in [1.29, 1.82) is 0 Å². The van der Waals surface area contributed by atoms with Crippen molar-refractivity contribution < 1.29 is 14.3 Å². The van der Waals surface area contributed by atoms with Crippen molar-refractivity contribution in [3.05, 3.63) is 27.0 Å². The molecule has 0 spiro atoms. The van der Waals surface area contributed by atoms with Gasteiger partial charge in [0.2, 0.25) is 0 Å². The number of thiazole rings is 1. The highest BCUT2D eigenvalue weighted by Gasteiger charge is 2.18. The molecule has 1 aromatic carbocycles. The summed E-state index contributed by atoms with van der Waals surface area (Å²) >= 11 is 6.30. The van der Waals surface area contributed by atoms with E-state index in [1.807, 2.05) is 0 Å². The molecule has 0 saturated heterocycles. The minimum Gasteiger partial charge on any atom is -0.497 e. The minimum atomic E-state index is -0.607. The van der Waals surface area contributed by atoms with Gasteiger partial charge in [-0.2, -0.15) is 0 Å². The van der Waals surface area contributed by atoms with Crippen LogP contribution in [0.1, 0.15) is 9.67 Å². The summed E-state index contributed by atoms with van der Waals surface area (Å²) in [6.45, 7) is 0. The van der Waals surface area contributed by atoms with Crippen LogP contribution in [0, 0.1) is 3.95 Å². The fourth-order valence-electron chi connectivity index (χ4n) is 1.76. The van der Waals surface area contributed by atoms with Crippen LogP contribution < -0.4 is 20.9 Å². The van der Waals surface area contributed by atoms with Gasteiger partial charge in [-0.3, -0.25) is 9.36 Å². The number of carbonyl (C=O) groups is 1. The van der Waals surface area contributed by atoms with Gasteiger partial charge in [0.1, 0.15) is 22.2 Å². The Labute approximate surface area is 124 Å². The predicted molar refractivity (Wildman–Crippen MR) is 80.5 cm³/mol. The summed E-state index contributed by atoms with van der Waals surface area (Å²) in [5.74, 6) is 0.766. The van der Waals surface area contributed by atoms with E-state index in [-0.39, 0.29) is 10.7 Å². The smallest absolute Gasteiger partial charge is 0.262 e. The highest BCUT2D eigenvalue weighted by Crippen LogP contribution is 2.33. The zero-order chi connectivity index (χ0) is 14.9. The van der Waals surface area contributed by atoms with Gasteiger partial charge in [0.25, 0.3) is 5.91 Å². The van der Waals surface area contributed by atoms with Crippen molar-refractivity contribution in [3.63, 3.8) is 0 Å². The van der Waals surface area contributed by atoms with Crippen molar-refractivity contribution in [3.8, 4) is 17.2 Å². The number of hydrogen-bond donors (Lipinski definition) is 2. The van der Waals surface area contributed by atoms with Crippen LogP contribution in [0.15, 0.2) is 18.2 Å². The molecule has 106 valence electrons. The fourth-order valence-corrected chi connectivity index (χ4v) is 2.97. The number of ether oxygens (including phenoxy) is 2. The van der Waals surface area contributed by atoms with Crippen LogP contribution >= 0.6 is 23.6 Å². The number of nitrogen functional groups attached to an aromatic ring is 1. The van der Waals surface area contributed by atoms with Crippen LogP contribution in [0.3, 0.4) is 0 Å². The first-order valence-corrected chi connectivity index (χ1v) is 6.75. The first kappa shape index (κ1) is 14.4. The molecular weight excluding hydrogens is 298 g/mol. The van der Waals surface area contributed by atoms with Gasteiger partial charge in [-0.05, 0) is 24.4 Å². The molecule has 0 aliphatic rings. The lowest BCUT2D eigenvalue weighted by Gasteiger charge is -2.12. The van der Waals surface area contributed by atoms with E-state index in [4.69, 9.17) is 33.2 Å². The monoisotopic (exact) mass is 311 g/mol. The van der Waals surface area contributed by atoms with E-state index in [2.05, 4.69) is 0 Å². The minimum absolute atomic E-state index is 0.205. The van der Waals surface area contributed by atoms with Crippen LogP contribution in [0.4, 0.5) is 5.82 Å². The lowest BCUT2D eigenvalue weighted by Crippen LogP contribution is -2.13. The zero-order valence-electron chi connectivity index (χ0n) is 10.9. The van der Waals surface area contributed by atoms with Crippen LogP contribution in [0.5, 0.6) is 11.5 Å². The maximum absolute atomic E-state index is 11.3. The first-order chi connectivity index (χ1) is 9.49. The molecular formula is C12H13N3O3S2. The largest absolute Gasteiger partial charge is 0.497 e. The summed E-state index contributed by atoms with van der Waals surface area (Å²) in [7, 11) is 3.09. The Morgan fingerprint density at radius 1 is 1.35 bits per heavy atom. The van der Waals surface area contributed by atoms with Gasteiger partial charge < -0.3 is 20.9 Å². The van der Waals surface area contributed by atoms with E-state index in [0.29, 0.717) is 21.1 Å². The molecule has 2 aromatic rings. The van der Waals surface area contributed by atoms with E-state index >= 15 is 0 Å². The Hall–Kier alpha value is -2.06. The highest BCUT2D eigenvalue weighted by atomic mass is 32.1. The average Bonchev–Trinajstić information content (AvgIpc) is 2.73. The molecule has 0 radical (unpaired) electrons. The maximum atomic E-state index is 11.3. The molecule has 8 heteroatoms. The van der Waals surface area contributed by atoms with Crippen molar-refractivity contribution in [1.82, 2.24) is 4.57 Å². The average molecular weight is 311 g/mol. The van der Waals surface area contributed by atoms with E-state index in [0.717, 1.165) is 11.3 Å². The van der Waals surface area contributed by atoms with E-state index in [1.54, 1.807) is 29.9 Å². The lowest BCUT2D eigenvalue weighted by molar-refractivity contribution is 0.100. The number of anilines is 1. The Balaban J connectivity index is 2.69. The van der Waals surface area contributed by atoms with Gasteiger partial charge in [0, 0.05) is 6.07 Å². The van der Waals surface area contributed by atoms with Crippen molar-refractivity contribution in [2.24, 2.45) is 5.73 Å². The number of carbonyl (C=O) groups excluding carboxylic acids is 1. The summed E-state index contributed by atoms with van der Waals surface area (Å²) in [5.41, 5.74) is 11.8. The molecule has 0 fully saturated rings. The van der Waals surface area contributed by atoms with Crippen LogP contribution in [0.2, 0.25) is 0 Å². The maximum Gasteiger partial charge on any atom is 0.262 e. The van der Waals surface area contributed by atoms with Gasteiger partial charge in [-0.15, -0.1) is 0 Å². The second-order valence-electron chi connectivity index (χ2n) is 3.82. The quantitative estimate of drug-likeness (QED) is 0.842. The Morgan fingerprint density at radius 2 is 2.05 bits per heavy atom. The van der Waals surface area contributed by atoms with E-state index in [9.17, 15) is 4.79 Å². The van der Waals surface area contributed by atoms with E-state index < -0.39 is 5.91 Å². The molecule has 1 heterocycles. The second kappa shape index (κ2) is 5.51. The fraction of sp³-hybridized carbons (Fsp3) is 0.167. The molecule has 4 N–H and O–H groups in total. The number of benzene rings is 1. The van der Waals surface area contributed by atoms with Gasteiger partial charge in [-0.25, -0.2) is 0 Å². The van der Waals surface area contributed by atoms with Crippen molar-refractivity contribution >= 4 is 35.3 Å². The Morgan fingerprint density at radius 3 is 2.55 bits per heavy atom. The number of primary amides is 1. The lowest BCUT2D eigenvalue weighted by atomic mass is 10.2. The summed E-state index contributed by atoms with van der Waals surface area (Å²) in [6.07, 6.45) is 0. The summed E-state index contributed by atoms with van der Waals surface area (Å²) < 4.78 is 12.4. The third kappa shape index (κ3) is 2.35. The molecule has 0 saturated carbocycles. The van der Waals surface area contributed by atoms with Gasteiger partial charge >= 0.3 is 0 Å². The number of hydrogen-bond acceptors (Lipinski definition) is 6. The number of rotatable bonds is 4. The zero-order valence-corrected chi connectivity index (χ0v) is 12.5. The number of amides is 1. The van der Waals surface area contributed by atoms with Crippen molar-refractivity contribution in [2.45, 2.75) is 0 Å². The summed E-state index contributed by atoms with van der Waals surface area (Å²) in [5, 5.41) is 0. The SMILES string of the molecule is COc1ccc(-n2c(N)c(C(N)=O)sc2=S)c(OC)c1. The van der Waals surface area contributed by atoms with Crippen LogP contribution in [-0.4, -0.2) is 24.7 Å². The third-order valence-corrected chi connectivity index (χ3v) is 4.10. The van der Waals surface area contributed by atoms with Gasteiger partial charge in [0.15, 0.2) is 3.95 Å². The molecule has 0 unspecified atom stereocenters. The van der Waals surface area contributed by atoms with Gasteiger partial charge in [0.05, 0.1) is 19.9 Å². The van der Waals surface area contributed by atoms with Gasteiger partial charge in [-0.1, -0.05) is 11.3 Å². The number of nitrogens with zero attached hydrogens (tertiary/aromatic N) is 1. The van der Waals surface area contributed by atoms with Crippen molar-refractivity contribution in [2.75, 3.05) is 20.0 Å². The molecule has 0 atom stereocenters. The predicted octanol–water partition coefficient (Wildman–Crippen LogP) is 1.97. The third-order valence-electron chi connectivity index (χ3n) is 2.70. The molecule has 1 aromatic heterocycles. The molecule has 2 rings (SSSR count). The highest BCUT2D eigenvalue weighted by molar-refractivity contribution is 7.73. The molecule has 6 nitrogen and oxygen atoms in total. The van der Waals surface area contributed by atoms with E-state index in [1.165, 1.54) is 7.11 Å². The topological polar surface area (TPSA) is 92.5 Å². The normalized spacial score (nSPS) is 10.3. The summed E-state index contributed by atoms with van der Waals surface area (Å²) in [6, 6.07) is 5.21. The second-order valence-corrected chi connectivity index (χ2v) is 5.46. The Bertz CT molecular complexity index is 721. The standard InChI is InChI=1S/C12H13N3O3S2/c1-17-6-3-4-7(8(5-6)18-2)15-10(13)9(11(14)16)20-12(15)19/h3-5H,13H2,1-2H3,(H2,14,16). The molecule has 0 aliphatic carbocycles. The number of aromatic nitrogens is 1.